The number of aryl methyl sites for hydroxylation is 1. The number of hydrogen-bond acceptors (Lipinski definition) is 3. The van der Waals surface area contributed by atoms with Crippen LogP contribution in [0.1, 0.15) is 29.8 Å². The molecule has 0 atom stereocenters. The number of carbonyl (C=O) groups excluding carboxylic acids is 2. The minimum Gasteiger partial charge on any atom is -0.496 e. The Balaban J connectivity index is 2.10. The highest BCUT2D eigenvalue weighted by atomic mass is 16.5. The zero-order valence-corrected chi connectivity index (χ0v) is 14.3. The third kappa shape index (κ3) is 4.13. The monoisotopic (exact) mass is 326 g/mol. The van der Waals surface area contributed by atoms with Crippen LogP contribution in [0.2, 0.25) is 0 Å². The van der Waals surface area contributed by atoms with Gasteiger partial charge in [0.25, 0.3) is 5.91 Å². The van der Waals surface area contributed by atoms with Gasteiger partial charge in [0.2, 0.25) is 5.91 Å². The van der Waals surface area contributed by atoms with Crippen molar-refractivity contribution in [3.05, 3.63) is 53.6 Å². The number of nitrogens with one attached hydrogen (secondary N) is 2. The fourth-order valence-corrected chi connectivity index (χ4v) is 2.22. The Morgan fingerprint density at radius 3 is 2.08 bits per heavy atom. The van der Waals surface area contributed by atoms with E-state index in [-0.39, 0.29) is 17.7 Å². The summed E-state index contributed by atoms with van der Waals surface area (Å²) < 4.78 is 5.31. The van der Waals surface area contributed by atoms with Gasteiger partial charge in [-0.1, -0.05) is 26.0 Å². The van der Waals surface area contributed by atoms with Crippen LogP contribution in [0.5, 0.6) is 5.75 Å². The molecule has 0 fully saturated rings. The number of amides is 2. The lowest BCUT2D eigenvalue weighted by atomic mass is 10.1. The summed E-state index contributed by atoms with van der Waals surface area (Å²) in [5.41, 5.74) is 2.72. The minimum atomic E-state index is -0.241. The van der Waals surface area contributed by atoms with Gasteiger partial charge < -0.3 is 15.4 Å². The van der Waals surface area contributed by atoms with Gasteiger partial charge in [0, 0.05) is 17.3 Å². The molecule has 2 aromatic carbocycles. The second kappa shape index (κ2) is 7.64. The van der Waals surface area contributed by atoms with Gasteiger partial charge in [0.15, 0.2) is 0 Å². The van der Waals surface area contributed by atoms with Crippen LogP contribution in [0.3, 0.4) is 0 Å². The second-order valence-corrected chi connectivity index (χ2v) is 5.83. The number of methoxy groups -OCH3 is 1. The first-order chi connectivity index (χ1) is 11.4. The summed E-state index contributed by atoms with van der Waals surface area (Å²) >= 11 is 0. The number of anilines is 2. The third-order valence-corrected chi connectivity index (χ3v) is 3.60. The molecule has 5 heteroatoms. The molecule has 0 aliphatic carbocycles. The summed E-state index contributed by atoms with van der Waals surface area (Å²) in [6.45, 7) is 5.56. The molecule has 0 unspecified atom stereocenters. The molecule has 0 heterocycles. The standard InChI is InChI=1S/C19H22N2O3/c1-12(2)18(22)20-14-8-10-15(11-9-14)21-19(23)16-7-5-6-13(3)17(16)24-4/h5-12H,1-4H3,(H,20,22)(H,21,23). The SMILES string of the molecule is COc1c(C)cccc1C(=O)Nc1ccc(NC(=O)C(C)C)cc1. The Hall–Kier alpha value is -2.82. The van der Waals surface area contributed by atoms with Crippen molar-refractivity contribution in [1.82, 2.24) is 0 Å². The molecule has 0 radical (unpaired) electrons. The largest absolute Gasteiger partial charge is 0.496 e. The van der Waals surface area contributed by atoms with Crippen LogP contribution in [0.15, 0.2) is 42.5 Å². The number of rotatable bonds is 5. The summed E-state index contributed by atoms with van der Waals surface area (Å²) in [6, 6.07) is 12.4. The Bertz CT molecular complexity index is 737. The van der Waals surface area contributed by atoms with Crippen LogP contribution in [0, 0.1) is 12.8 Å². The smallest absolute Gasteiger partial charge is 0.259 e. The maximum atomic E-state index is 12.4. The van der Waals surface area contributed by atoms with Crippen LogP contribution >= 0.6 is 0 Å². The lowest BCUT2D eigenvalue weighted by Gasteiger charge is -2.12. The summed E-state index contributed by atoms with van der Waals surface area (Å²) in [7, 11) is 1.55. The van der Waals surface area contributed by atoms with Gasteiger partial charge in [0.1, 0.15) is 5.75 Å². The first kappa shape index (κ1) is 17.5. The zero-order valence-electron chi connectivity index (χ0n) is 14.3. The zero-order chi connectivity index (χ0) is 17.7. The molecule has 0 aliphatic heterocycles. The first-order valence-corrected chi connectivity index (χ1v) is 7.78. The molecule has 0 bridgehead atoms. The molecular weight excluding hydrogens is 304 g/mol. The van der Waals surface area contributed by atoms with E-state index in [0.717, 1.165) is 5.56 Å². The van der Waals surface area contributed by atoms with E-state index in [4.69, 9.17) is 4.74 Å². The van der Waals surface area contributed by atoms with Gasteiger partial charge in [-0.2, -0.15) is 0 Å². The van der Waals surface area contributed by atoms with E-state index in [9.17, 15) is 9.59 Å². The molecule has 0 saturated heterocycles. The molecule has 0 aromatic heterocycles. The number of para-hydroxylation sites is 1. The lowest BCUT2D eigenvalue weighted by Crippen LogP contribution is -2.17. The highest BCUT2D eigenvalue weighted by molar-refractivity contribution is 6.06. The molecule has 2 aromatic rings. The summed E-state index contributed by atoms with van der Waals surface area (Å²) in [4.78, 5) is 24.1. The molecule has 2 rings (SSSR count). The Kier molecular flexibility index (Phi) is 5.58. The van der Waals surface area contributed by atoms with E-state index < -0.39 is 0 Å². The molecular formula is C19H22N2O3. The molecule has 24 heavy (non-hydrogen) atoms. The number of benzene rings is 2. The van der Waals surface area contributed by atoms with Crippen LogP contribution in [0.25, 0.3) is 0 Å². The van der Waals surface area contributed by atoms with Crippen molar-refractivity contribution in [2.24, 2.45) is 5.92 Å². The topological polar surface area (TPSA) is 67.4 Å². The lowest BCUT2D eigenvalue weighted by molar-refractivity contribution is -0.118. The Morgan fingerprint density at radius 2 is 1.54 bits per heavy atom. The molecule has 126 valence electrons. The van der Waals surface area contributed by atoms with Gasteiger partial charge in [-0.05, 0) is 42.8 Å². The first-order valence-electron chi connectivity index (χ1n) is 7.78. The van der Waals surface area contributed by atoms with E-state index >= 15 is 0 Å². The quantitative estimate of drug-likeness (QED) is 0.877. The van der Waals surface area contributed by atoms with Gasteiger partial charge in [0.05, 0.1) is 12.7 Å². The molecule has 0 spiro atoms. The number of hydrogen-bond donors (Lipinski definition) is 2. The van der Waals surface area contributed by atoms with Crippen molar-refractivity contribution < 1.29 is 14.3 Å². The van der Waals surface area contributed by atoms with E-state index in [1.54, 1.807) is 37.4 Å². The van der Waals surface area contributed by atoms with Gasteiger partial charge in [-0.15, -0.1) is 0 Å². The molecule has 2 amide bonds. The number of ether oxygens (including phenoxy) is 1. The molecule has 5 nitrogen and oxygen atoms in total. The van der Waals surface area contributed by atoms with E-state index in [1.165, 1.54) is 0 Å². The maximum absolute atomic E-state index is 12.4. The third-order valence-electron chi connectivity index (χ3n) is 3.60. The average Bonchev–Trinajstić information content (AvgIpc) is 2.56. The normalized spacial score (nSPS) is 10.4. The highest BCUT2D eigenvalue weighted by Crippen LogP contribution is 2.24. The Labute approximate surface area is 142 Å². The van der Waals surface area contributed by atoms with Crippen LogP contribution in [-0.4, -0.2) is 18.9 Å². The van der Waals surface area contributed by atoms with Crippen molar-refractivity contribution in [1.29, 1.82) is 0 Å². The van der Waals surface area contributed by atoms with Gasteiger partial charge in [-0.25, -0.2) is 0 Å². The van der Waals surface area contributed by atoms with Gasteiger partial charge >= 0.3 is 0 Å². The van der Waals surface area contributed by atoms with Crippen molar-refractivity contribution in [3.8, 4) is 5.75 Å². The fourth-order valence-electron chi connectivity index (χ4n) is 2.22. The van der Waals surface area contributed by atoms with Crippen molar-refractivity contribution in [3.63, 3.8) is 0 Å². The van der Waals surface area contributed by atoms with Crippen LogP contribution in [-0.2, 0) is 4.79 Å². The highest BCUT2D eigenvalue weighted by Gasteiger charge is 2.14. The summed E-state index contributed by atoms with van der Waals surface area (Å²) in [5.74, 6) is 0.194. The molecule has 0 aliphatic rings. The minimum absolute atomic E-state index is 0.0451. The molecule has 0 saturated carbocycles. The fraction of sp³-hybridized carbons (Fsp3) is 0.263. The van der Waals surface area contributed by atoms with Crippen molar-refractivity contribution >= 4 is 23.2 Å². The van der Waals surface area contributed by atoms with Gasteiger partial charge in [-0.3, -0.25) is 9.59 Å². The van der Waals surface area contributed by atoms with E-state index in [0.29, 0.717) is 22.7 Å². The van der Waals surface area contributed by atoms with Crippen LogP contribution < -0.4 is 15.4 Å². The summed E-state index contributed by atoms with van der Waals surface area (Å²) in [5, 5.41) is 5.64. The second-order valence-electron chi connectivity index (χ2n) is 5.83. The predicted octanol–water partition coefficient (Wildman–Crippen LogP) is 3.85. The maximum Gasteiger partial charge on any atom is 0.259 e. The van der Waals surface area contributed by atoms with Crippen LogP contribution in [0.4, 0.5) is 11.4 Å². The molecule has 2 N–H and O–H groups in total. The number of carbonyl (C=O) groups is 2. The van der Waals surface area contributed by atoms with E-state index in [2.05, 4.69) is 10.6 Å². The predicted molar refractivity (Wildman–Crippen MR) is 95.6 cm³/mol. The summed E-state index contributed by atoms with van der Waals surface area (Å²) in [6.07, 6.45) is 0. The van der Waals surface area contributed by atoms with E-state index in [1.807, 2.05) is 32.9 Å². The van der Waals surface area contributed by atoms with Crippen molar-refractivity contribution in [2.45, 2.75) is 20.8 Å². The average molecular weight is 326 g/mol. The Morgan fingerprint density at radius 1 is 0.958 bits per heavy atom. The van der Waals surface area contributed by atoms with Crippen molar-refractivity contribution in [2.75, 3.05) is 17.7 Å².